The molecule has 1 atom stereocenters. The number of benzene rings is 1. The number of carbonyl (C=O) groups is 1. The molecule has 0 amide bonds. The summed E-state index contributed by atoms with van der Waals surface area (Å²) < 4.78 is 1.63. The number of rotatable bonds is 2. The monoisotopic (exact) mass is 306 g/mol. The van der Waals surface area contributed by atoms with Crippen LogP contribution in [0, 0.1) is 6.92 Å². The largest absolute Gasteiger partial charge is 0.294 e. The minimum atomic E-state index is 0.139. The third-order valence-electron chi connectivity index (χ3n) is 4.49. The van der Waals surface area contributed by atoms with Crippen LogP contribution < -0.4 is 0 Å². The Bertz CT molecular complexity index is 895. The van der Waals surface area contributed by atoms with Crippen molar-refractivity contribution in [1.82, 2.24) is 19.6 Å². The van der Waals surface area contributed by atoms with Gasteiger partial charge in [0.2, 0.25) is 0 Å². The summed E-state index contributed by atoms with van der Waals surface area (Å²) in [5, 5.41) is 4.35. The Balaban J connectivity index is 1.75. The Labute approximate surface area is 134 Å². The summed E-state index contributed by atoms with van der Waals surface area (Å²) in [6.45, 7) is 4.08. The first kappa shape index (κ1) is 14.1. The SMILES string of the molecule is CCc1nc2nc3c(cn2n1)C(=O)CC(c1ccc(C)cc1)C3. The van der Waals surface area contributed by atoms with Crippen LogP contribution in [0.4, 0.5) is 0 Å². The van der Waals surface area contributed by atoms with Crippen LogP contribution in [-0.4, -0.2) is 25.4 Å². The van der Waals surface area contributed by atoms with Crippen molar-refractivity contribution in [3.63, 3.8) is 0 Å². The van der Waals surface area contributed by atoms with Gasteiger partial charge in [0.15, 0.2) is 11.6 Å². The van der Waals surface area contributed by atoms with Crippen LogP contribution in [0.15, 0.2) is 30.5 Å². The number of fused-ring (bicyclic) bond motifs is 2. The smallest absolute Gasteiger partial charge is 0.252 e. The fourth-order valence-corrected chi connectivity index (χ4v) is 3.15. The average Bonchev–Trinajstić information content (AvgIpc) is 2.96. The van der Waals surface area contributed by atoms with E-state index < -0.39 is 0 Å². The van der Waals surface area contributed by atoms with E-state index in [2.05, 4.69) is 46.3 Å². The fraction of sp³-hybridized carbons (Fsp3) is 0.333. The standard InChI is InChI=1S/C18H18N4O/c1-3-17-20-18-19-15-8-13(12-6-4-11(2)5-7-12)9-16(23)14(15)10-22(18)21-17/h4-7,10,13H,3,8-9H2,1-2H3. The van der Waals surface area contributed by atoms with E-state index in [0.29, 0.717) is 17.8 Å². The Morgan fingerprint density at radius 2 is 1.96 bits per heavy atom. The Morgan fingerprint density at radius 3 is 2.70 bits per heavy atom. The van der Waals surface area contributed by atoms with Crippen molar-refractivity contribution in [1.29, 1.82) is 0 Å². The summed E-state index contributed by atoms with van der Waals surface area (Å²) in [6.07, 6.45) is 3.85. The third kappa shape index (κ3) is 2.42. The maximum absolute atomic E-state index is 12.6. The molecule has 0 radical (unpaired) electrons. The van der Waals surface area contributed by atoms with Gasteiger partial charge in [0.1, 0.15) is 0 Å². The molecule has 4 rings (SSSR count). The lowest BCUT2D eigenvalue weighted by molar-refractivity contribution is 0.0962. The van der Waals surface area contributed by atoms with Gasteiger partial charge >= 0.3 is 0 Å². The molecule has 0 spiro atoms. The molecule has 3 aromatic rings. The molecule has 2 heterocycles. The van der Waals surface area contributed by atoms with Gasteiger partial charge in [-0.3, -0.25) is 4.79 Å². The predicted octanol–water partition coefficient (Wildman–Crippen LogP) is 2.91. The minimum absolute atomic E-state index is 0.139. The minimum Gasteiger partial charge on any atom is -0.294 e. The first-order valence-electron chi connectivity index (χ1n) is 7.99. The van der Waals surface area contributed by atoms with Gasteiger partial charge in [0, 0.05) is 19.0 Å². The number of ketones is 1. The van der Waals surface area contributed by atoms with Crippen LogP contribution in [0.1, 0.15) is 52.3 Å². The summed E-state index contributed by atoms with van der Waals surface area (Å²) in [6, 6.07) is 8.42. The second-order valence-electron chi connectivity index (χ2n) is 6.17. The van der Waals surface area contributed by atoms with E-state index in [1.54, 1.807) is 10.7 Å². The highest BCUT2D eigenvalue weighted by atomic mass is 16.1. The van der Waals surface area contributed by atoms with E-state index in [1.165, 1.54) is 11.1 Å². The number of aryl methyl sites for hydroxylation is 2. The van der Waals surface area contributed by atoms with E-state index in [0.717, 1.165) is 24.4 Å². The number of Topliss-reactive ketones (excluding diaryl/α,β-unsaturated/α-hetero) is 1. The molecule has 1 aliphatic rings. The van der Waals surface area contributed by atoms with Crippen molar-refractivity contribution in [2.45, 2.75) is 39.0 Å². The second kappa shape index (κ2) is 5.26. The van der Waals surface area contributed by atoms with Gasteiger partial charge in [-0.15, -0.1) is 5.10 Å². The number of nitrogens with zero attached hydrogens (tertiary/aromatic N) is 4. The Morgan fingerprint density at radius 1 is 1.17 bits per heavy atom. The highest BCUT2D eigenvalue weighted by Crippen LogP contribution is 2.32. The number of carbonyl (C=O) groups excluding carboxylic acids is 1. The molecule has 0 aliphatic heterocycles. The molecule has 2 aromatic heterocycles. The summed E-state index contributed by atoms with van der Waals surface area (Å²) in [5.74, 6) is 1.67. The van der Waals surface area contributed by atoms with E-state index in [9.17, 15) is 4.79 Å². The van der Waals surface area contributed by atoms with E-state index in [-0.39, 0.29) is 11.7 Å². The molecular formula is C18H18N4O. The molecule has 0 saturated heterocycles. The molecular weight excluding hydrogens is 288 g/mol. The van der Waals surface area contributed by atoms with Gasteiger partial charge in [-0.1, -0.05) is 36.8 Å². The third-order valence-corrected chi connectivity index (χ3v) is 4.49. The van der Waals surface area contributed by atoms with E-state index in [4.69, 9.17) is 0 Å². The topological polar surface area (TPSA) is 60.1 Å². The Hall–Kier alpha value is -2.56. The van der Waals surface area contributed by atoms with Crippen LogP contribution in [0.25, 0.3) is 5.78 Å². The lowest BCUT2D eigenvalue weighted by Crippen LogP contribution is -2.21. The molecule has 0 bridgehead atoms. The van der Waals surface area contributed by atoms with Crippen LogP contribution in [0.2, 0.25) is 0 Å². The van der Waals surface area contributed by atoms with Crippen molar-refractivity contribution in [3.05, 3.63) is 58.7 Å². The van der Waals surface area contributed by atoms with Crippen LogP contribution in [-0.2, 0) is 12.8 Å². The molecule has 116 valence electrons. The van der Waals surface area contributed by atoms with Crippen molar-refractivity contribution in [2.75, 3.05) is 0 Å². The van der Waals surface area contributed by atoms with Crippen molar-refractivity contribution in [3.8, 4) is 0 Å². The van der Waals surface area contributed by atoms with Crippen LogP contribution in [0.5, 0.6) is 0 Å². The Kier molecular flexibility index (Phi) is 3.22. The maximum Gasteiger partial charge on any atom is 0.252 e. The first-order chi connectivity index (χ1) is 11.1. The van der Waals surface area contributed by atoms with Crippen LogP contribution >= 0.6 is 0 Å². The zero-order valence-corrected chi connectivity index (χ0v) is 13.3. The fourth-order valence-electron chi connectivity index (χ4n) is 3.15. The van der Waals surface area contributed by atoms with Crippen LogP contribution in [0.3, 0.4) is 0 Å². The quantitative estimate of drug-likeness (QED) is 0.730. The molecule has 23 heavy (non-hydrogen) atoms. The lowest BCUT2D eigenvalue weighted by Gasteiger charge is -2.23. The molecule has 1 aliphatic carbocycles. The van der Waals surface area contributed by atoms with Crippen molar-refractivity contribution >= 4 is 11.6 Å². The second-order valence-corrected chi connectivity index (χ2v) is 6.17. The number of aromatic nitrogens is 4. The van der Waals surface area contributed by atoms with Gasteiger partial charge < -0.3 is 0 Å². The van der Waals surface area contributed by atoms with Gasteiger partial charge in [0.25, 0.3) is 5.78 Å². The molecule has 1 aromatic carbocycles. The summed E-state index contributed by atoms with van der Waals surface area (Å²) >= 11 is 0. The average molecular weight is 306 g/mol. The maximum atomic E-state index is 12.6. The van der Waals surface area contributed by atoms with E-state index >= 15 is 0 Å². The van der Waals surface area contributed by atoms with E-state index in [1.807, 2.05) is 6.92 Å². The highest BCUT2D eigenvalue weighted by Gasteiger charge is 2.28. The van der Waals surface area contributed by atoms with Gasteiger partial charge in [-0.25, -0.2) is 9.50 Å². The number of hydrogen-bond donors (Lipinski definition) is 0. The number of hydrogen-bond acceptors (Lipinski definition) is 4. The molecule has 0 saturated carbocycles. The van der Waals surface area contributed by atoms with Gasteiger partial charge in [-0.05, 0) is 24.8 Å². The lowest BCUT2D eigenvalue weighted by atomic mass is 9.82. The van der Waals surface area contributed by atoms with Gasteiger partial charge in [0.05, 0.1) is 11.3 Å². The zero-order chi connectivity index (χ0) is 16.0. The highest BCUT2D eigenvalue weighted by molar-refractivity contribution is 5.98. The predicted molar refractivity (Wildman–Crippen MR) is 86.7 cm³/mol. The molecule has 5 heteroatoms. The summed E-state index contributed by atoms with van der Waals surface area (Å²) in [4.78, 5) is 21.6. The summed E-state index contributed by atoms with van der Waals surface area (Å²) in [7, 11) is 0. The van der Waals surface area contributed by atoms with Crippen molar-refractivity contribution < 1.29 is 4.79 Å². The van der Waals surface area contributed by atoms with Crippen molar-refractivity contribution in [2.24, 2.45) is 0 Å². The molecule has 5 nitrogen and oxygen atoms in total. The zero-order valence-electron chi connectivity index (χ0n) is 13.3. The molecule has 0 fully saturated rings. The first-order valence-corrected chi connectivity index (χ1v) is 7.99. The molecule has 1 unspecified atom stereocenters. The summed E-state index contributed by atoms with van der Waals surface area (Å²) in [5.41, 5.74) is 3.96. The van der Waals surface area contributed by atoms with Gasteiger partial charge in [-0.2, -0.15) is 4.98 Å². The normalized spacial score (nSPS) is 17.5. The molecule has 0 N–H and O–H groups in total.